The number of aryl methyl sites for hydroxylation is 1. The van der Waals surface area contributed by atoms with Gasteiger partial charge in [-0.05, 0) is 42.8 Å². The maximum Gasteiger partial charge on any atom is 0.331 e. The van der Waals surface area contributed by atoms with Gasteiger partial charge in [0.1, 0.15) is 11.8 Å². The van der Waals surface area contributed by atoms with Gasteiger partial charge in [0.05, 0.1) is 23.2 Å². The Bertz CT molecular complexity index is 1420. The van der Waals surface area contributed by atoms with Crippen LogP contribution in [0.25, 0.3) is 17.0 Å². The van der Waals surface area contributed by atoms with Crippen LogP contribution in [0.5, 0.6) is 0 Å². The lowest BCUT2D eigenvalue weighted by Gasteiger charge is -2.19. The Morgan fingerprint density at radius 1 is 1.06 bits per heavy atom. The fraction of sp³-hybridized carbons (Fsp3) is 0.143. The molecule has 2 aromatic heterocycles. The molecule has 0 radical (unpaired) electrons. The Labute approximate surface area is 202 Å². The van der Waals surface area contributed by atoms with E-state index in [0.717, 1.165) is 27.7 Å². The number of carbonyl (C=O) groups is 2. The van der Waals surface area contributed by atoms with Gasteiger partial charge < -0.3 is 9.15 Å². The van der Waals surface area contributed by atoms with Crippen molar-refractivity contribution in [3.63, 3.8) is 0 Å². The van der Waals surface area contributed by atoms with Crippen LogP contribution in [0.1, 0.15) is 35.0 Å². The maximum absolute atomic E-state index is 13.0. The van der Waals surface area contributed by atoms with Crippen LogP contribution in [0.3, 0.4) is 0 Å². The van der Waals surface area contributed by atoms with E-state index in [1.165, 1.54) is 11.1 Å². The number of nitrogens with zero attached hydrogens (tertiary/aromatic N) is 3. The van der Waals surface area contributed by atoms with E-state index >= 15 is 0 Å². The van der Waals surface area contributed by atoms with Crippen LogP contribution in [0.2, 0.25) is 0 Å². The highest BCUT2D eigenvalue weighted by Gasteiger charge is 2.35. The van der Waals surface area contributed by atoms with Crippen LogP contribution in [0.4, 0.5) is 0 Å². The SMILES string of the molecule is Cc1ccc(C2=NN(C(=O)COC(=O)/C=C/c3ccc4ccccc4n3)C(c3ccco3)C2)cc1. The van der Waals surface area contributed by atoms with E-state index in [2.05, 4.69) is 10.1 Å². The fourth-order valence-electron chi connectivity index (χ4n) is 3.94. The number of hydrazone groups is 1. The summed E-state index contributed by atoms with van der Waals surface area (Å²) >= 11 is 0. The molecule has 1 amide bonds. The van der Waals surface area contributed by atoms with Crippen molar-refractivity contribution in [2.75, 3.05) is 6.61 Å². The molecule has 2 aromatic carbocycles. The molecule has 0 bridgehead atoms. The normalized spacial score (nSPS) is 15.5. The third kappa shape index (κ3) is 5.04. The minimum atomic E-state index is -0.634. The third-order valence-electron chi connectivity index (χ3n) is 5.77. The van der Waals surface area contributed by atoms with Crippen molar-refractivity contribution in [2.24, 2.45) is 5.10 Å². The fourth-order valence-corrected chi connectivity index (χ4v) is 3.94. The molecule has 0 saturated carbocycles. The van der Waals surface area contributed by atoms with E-state index in [-0.39, 0.29) is 0 Å². The van der Waals surface area contributed by atoms with Crippen molar-refractivity contribution >= 4 is 34.6 Å². The highest BCUT2D eigenvalue weighted by Crippen LogP contribution is 2.33. The number of pyridine rings is 1. The Hall–Kier alpha value is -4.52. The molecule has 0 aliphatic carbocycles. The van der Waals surface area contributed by atoms with E-state index in [1.807, 2.05) is 73.7 Å². The lowest BCUT2D eigenvalue weighted by atomic mass is 10.0. The van der Waals surface area contributed by atoms with Crippen molar-refractivity contribution in [3.05, 3.63) is 108 Å². The first-order valence-electron chi connectivity index (χ1n) is 11.3. The number of para-hydroxylation sites is 1. The molecule has 5 rings (SSSR count). The first kappa shape index (κ1) is 22.3. The van der Waals surface area contributed by atoms with Gasteiger partial charge in [0.25, 0.3) is 5.91 Å². The summed E-state index contributed by atoms with van der Waals surface area (Å²) in [6.07, 6.45) is 4.89. The highest BCUT2D eigenvalue weighted by atomic mass is 16.5. The first-order chi connectivity index (χ1) is 17.1. The second kappa shape index (κ2) is 9.77. The summed E-state index contributed by atoms with van der Waals surface area (Å²) in [5, 5.41) is 6.90. The zero-order valence-corrected chi connectivity index (χ0v) is 19.1. The van der Waals surface area contributed by atoms with E-state index < -0.39 is 24.5 Å². The van der Waals surface area contributed by atoms with Crippen molar-refractivity contribution in [3.8, 4) is 0 Å². The molecule has 1 atom stereocenters. The van der Waals surface area contributed by atoms with Gasteiger partial charge in [0.15, 0.2) is 6.61 Å². The van der Waals surface area contributed by atoms with Crippen LogP contribution in [0, 0.1) is 6.92 Å². The summed E-state index contributed by atoms with van der Waals surface area (Å²) in [6, 6.07) is 22.6. The summed E-state index contributed by atoms with van der Waals surface area (Å²) in [4.78, 5) is 29.7. The van der Waals surface area contributed by atoms with Crippen molar-refractivity contribution in [2.45, 2.75) is 19.4 Å². The van der Waals surface area contributed by atoms with E-state index in [1.54, 1.807) is 18.4 Å². The van der Waals surface area contributed by atoms with Crippen molar-refractivity contribution < 1.29 is 18.7 Å². The predicted octanol–water partition coefficient (Wildman–Crippen LogP) is 5.07. The molecule has 4 aromatic rings. The van der Waals surface area contributed by atoms with Gasteiger partial charge in [-0.3, -0.25) is 4.79 Å². The van der Waals surface area contributed by atoms with E-state index in [9.17, 15) is 9.59 Å². The minimum absolute atomic E-state index is 0.398. The monoisotopic (exact) mass is 465 g/mol. The summed E-state index contributed by atoms with van der Waals surface area (Å²) in [5.74, 6) is -0.443. The van der Waals surface area contributed by atoms with Crippen LogP contribution < -0.4 is 0 Å². The van der Waals surface area contributed by atoms with Crippen molar-refractivity contribution in [1.82, 2.24) is 9.99 Å². The van der Waals surface area contributed by atoms with Crippen LogP contribution in [-0.4, -0.2) is 34.2 Å². The van der Waals surface area contributed by atoms with E-state index in [4.69, 9.17) is 9.15 Å². The molecule has 3 heterocycles. The molecule has 0 N–H and O–H groups in total. The van der Waals surface area contributed by atoms with Gasteiger partial charge in [-0.25, -0.2) is 14.8 Å². The molecular formula is C28H23N3O4. The van der Waals surface area contributed by atoms with Gasteiger partial charge >= 0.3 is 5.97 Å². The zero-order valence-electron chi connectivity index (χ0n) is 19.1. The number of aromatic nitrogens is 1. The number of esters is 1. The predicted molar refractivity (Wildman–Crippen MR) is 132 cm³/mol. The quantitative estimate of drug-likeness (QED) is 0.293. The summed E-state index contributed by atoms with van der Waals surface area (Å²) < 4.78 is 10.8. The molecule has 0 saturated heterocycles. The van der Waals surface area contributed by atoms with Crippen LogP contribution in [0.15, 0.2) is 94.7 Å². The number of amides is 1. The average molecular weight is 466 g/mol. The second-order valence-corrected chi connectivity index (χ2v) is 8.26. The number of furan rings is 1. The summed E-state index contributed by atoms with van der Waals surface area (Å²) in [6.45, 7) is 1.58. The standard InChI is InChI=1S/C28H23N3O4/c1-19-8-10-21(11-9-19)24-17-25(26-7-4-16-34-26)31(30-24)27(32)18-35-28(33)15-14-22-13-12-20-5-2-3-6-23(20)29-22/h2-16,25H,17-18H2,1H3/b15-14+. The molecule has 7 nitrogen and oxygen atoms in total. The molecule has 1 aliphatic heterocycles. The lowest BCUT2D eigenvalue weighted by molar-refractivity contribution is -0.149. The third-order valence-corrected chi connectivity index (χ3v) is 5.77. The number of carbonyl (C=O) groups excluding carboxylic acids is 2. The Morgan fingerprint density at radius 2 is 1.89 bits per heavy atom. The molecule has 174 valence electrons. The summed E-state index contributed by atoms with van der Waals surface area (Å²) in [5.41, 5.74) is 4.30. The highest BCUT2D eigenvalue weighted by molar-refractivity contribution is 6.03. The van der Waals surface area contributed by atoms with Gasteiger partial charge in [-0.1, -0.05) is 54.1 Å². The van der Waals surface area contributed by atoms with Gasteiger partial charge in [0.2, 0.25) is 0 Å². The molecule has 35 heavy (non-hydrogen) atoms. The van der Waals surface area contributed by atoms with Crippen LogP contribution in [-0.2, 0) is 14.3 Å². The zero-order chi connectivity index (χ0) is 24.2. The second-order valence-electron chi connectivity index (χ2n) is 8.26. The Balaban J connectivity index is 1.26. The Kier molecular flexibility index (Phi) is 6.22. The summed E-state index contributed by atoms with van der Waals surface area (Å²) in [7, 11) is 0. The number of hydrogen-bond acceptors (Lipinski definition) is 6. The average Bonchev–Trinajstić information content (AvgIpc) is 3.57. The lowest BCUT2D eigenvalue weighted by Crippen LogP contribution is -2.31. The number of benzene rings is 2. The number of rotatable bonds is 6. The topological polar surface area (TPSA) is 85.0 Å². The Morgan fingerprint density at radius 3 is 2.69 bits per heavy atom. The maximum atomic E-state index is 13.0. The molecule has 0 fully saturated rings. The van der Waals surface area contributed by atoms with Gasteiger partial charge in [-0.15, -0.1) is 0 Å². The smallest absolute Gasteiger partial charge is 0.331 e. The van der Waals surface area contributed by atoms with Crippen molar-refractivity contribution in [1.29, 1.82) is 0 Å². The minimum Gasteiger partial charge on any atom is -0.467 e. The number of fused-ring (bicyclic) bond motifs is 1. The molecule has 0 spiro atoms. The first-order valence-corrected chi connectivity index (χ1v) is 11.3. The van der Waals surface area contributed by atoms with Gasteiger partial charge in [0, 0.05) is 17.9 Å². The number of hydrogen-bond donors (Lipinski definition) is 0. The molecule has 7 heteroatoms. The number of ether oxygens (including phenoxy) is 1. The molecule has 1 unspecified atom stereocenters. The van der Waals surface area contributed by atoms with Crippen LogP contribution >= 0.6 is 0 Å². The molecular weight excluding hydrogens is 442 g/mol. The largest absolute Gasteiger partial charge is 0.467 e. The van der Waals surface area contributed by atoms with E-state index in [0.29, 0.717) is 17.9 Å². The molecule has 1 aliphatic rings. The van der Waals surface area contributed by atoms with Gasteiger partial charge in [-0.2, -0.15) is 5.10 Å².